The third-order valence-electron chi connectivity index (χ3n) is 2.23. The largest absolute Gasteiger partial charge is 0.478 e. The van der Waals surface area contributed by atoms with E-state index in [9.17, 15) is 0 Å². The van der Waals surface area contributed by atoms with Crippen LogP contribution in [0.1, 0.15) is 32.9 Å². The van der Waals surface area contributed by atoms with E-state index in [0.717, 1.165) is 18.5 Å². The summed E-state index contributed by atoms with van der Waals surface area (Å²) in [6.45, 7) is 6.96. The number of alkyl halides is 1. The number of hydrogen-bond donors (Lipinski definition) is 0. The average Bonchev–Trinajstić information content (AvgIpc) is 2.17. The number of halogens is 1. The van der Waals surface area contributed by atoms with Gasteiger partial charge in [0, 0.05) is 23.6 Å². The van der Waals surface area contributed by atoms with Crippen molar-refractivity contribution in [2.45, 2.75) is 39.0 Å². The minimum absolute atomic E-state index is 0.157. The maximum atomic E-state index is 6.26. The monoisotopic (exact) mass is 241 g/mol. The average molecular weight is 242 g/mol. The van der Waals surface area contributed by atoms with E-state index in [1.807, 2.05) is 25.1 Å². The number of nitrogens with zero attached hydrogens (tertiary/aromatic N) is 1. The minimum atomic E-state index is 0.157. The lowest BCUT2D eigenvalue weighted by atomic mass is 10.0. The maximum absolute atomic E-state index is 6.26. The molecule has 1 rings (SSSR count). The normalized spacial score (nSPS) is 12.8. The Morgan fingerprint density at radius 3 is 2.75 bits per heavy atom. The van der Waals surface area contributed by atoms with Crippen LogP contribution in [0.5, 0.6) is 5.88 Å². The van der Waals surface area contributed by atoms with Gasteiger partial charge >= 0.3 is 0 Å². The summed E-state index contributed by atoms with van der Waals surface area (Å²) in [5, 5.41) is 0.157. The molecular formula is C13H20ClNO. The lowest BCUT2D eigenvalue weighted by molar-refractivity contribution is 0.325. The fourth-order valence-corrected chi connectivity index (χ4v) is 2.14. The molecule has 2 nitrogen and oxygen atoms in total. The molecule has 1 atom stereocenters. The van der Waals surface area contributed by atoms with Crippen LogP contribution in [0.15, 0.2) is 18.2 Å². The highest BCUT2D eigenvalue weighted by molar-refractivity contribution is 6.20. The van der Waals surface area contributed by atoms with Crippen LogP contribution in [0.4, 0.5) is 0 Å². The topological polar surface area (TPSA) is 22.1 Å². The predicted octanol–water partition coefficient (Wildman–Crippen LogP) is 3.68. The van der Waals surface area contributed by atoms with Crippen LogP contribution >= 0.6 is 11.6 Å². The van der Waals surface area contributed by atoms with Gasteiger partial charge in [0.15, 0.2) is 0 Å². The fraction of sp³-hybridized carbons (Fsp3) is 0.615. The van der Waals surface area contributed by atoms with Crippen molar-refractivity contribution in [3.05, 3.63) is 23.9 Å². The Labute approximate surface area is 103 Å². The van der Waals surface area contributed by atoms with Gasteiger partial charge in [-0.05, 0) is 25.3 Å². The Balaban J connectivity index is 2.55. The first-order valence-electron chi connectivity index (χ1n) is 5.84. The molecule has 0 spiro atoms. The summed E-state index contributed by atoms with van der Waals surface area (Å²) < 4.78 is 5.35. The molecule has 0 aliphatic rings. The number of ether oxygens (including phenoxy) is 1. The van der Waals surface area contributed by atoms with E-state index in [-0.39, 0.29) is 5.38 Å². The zero-order chi connectivity index (χ0) is 12.0. The Bertz CT molecular complexity index is 315. The van der Waals surface area contributed by atoms with Gasteiger partial charge in [-0.1, -0.05) is 19.9 Å². The van der Waals surface area contributed by atoms with Crippen molar-refractivity contribution in [1.29, 1.82) is 0 Å². The van der Waals surface area contributed by atoms with E-state index < -0.39 is 0 Å². The Kier molecular flexibility index (Phi) is 5.61. The van der Waals surface area contributed by atoms with Crippen LogP contribution in [0.25, 0.3) is 0 Å². The number of rotatable bonds is 6. The van der Waals surface area contributed by atoms with E-state index in [1.54, 1.807) is 0 Å². The molecule has 0 radical (unpaired) electrons. The predicted molar refractivity (Wildman–Crippen MR) is 68.2 cm³/mol. The first kappa shape index (κ1) is 13.3. The standard InChI is InChI=1S/C13H20ClNO/c1-4-16-13-7-5-6-12(15-13)9-11(14)8-10(2)3/h5-7,10-11H,4,8-9H2,1-3H3. The van der Waals surface area contributed by atoms with Crippen LogP contribution in [-0.2, 0) is 6.42 Å². The van der Waals surface area contributed by atoms with Crippen LogP contribution in [0.3, 0.4) is 0 Å². The van der Waals surface area contributed by atoms with Crippen molar-refractivity contribution in [3.8, 4) is 5.88 Å². The van der Waals surface area contributed by atoms with Crippen LogP contribution in [0, 0.1) is 5.92 Å². The van der Waals surface area contributed by atoms with E-state index in [2.05, 4.69) is 18.8 Å². The smallest absolute Gasteiger partial charge is 0.213 e. The Morgan fingerprint density at radius 1 is 1.38 bits per heavy atom. The first-order valence-corrected chi connectivity index (χ1v) is 6.28. The van der Waals surface area contributed by atoms with Crippen molar-refractivity contribution in [1.82, 2.24) is 4.98 Å². The SMILES string of the molecule is CCOc1cccc(CC(Cl)CC(C)C)n1. The zero-order valence-electron chi connectivity index (χ0n) is 10.2. The van der Waals surface area contributed by atoms with Crippen LogP contribution < -0.4 is 4.74 Å². The van der Waals surface area contributed by atoms with Crippen molar-refractivity contribution < 1.29 is 4.74 Å². The van der Waals surface area contributed by atoms with Gasteiger partial charge < -0.3 is 4.74 Å². The molecule has 0 aromatic carbocycles. The number of pyridine rings is 1. The van der Waals surface area contributed by atoms with E-state index in [4.69, 9.17) is 16.3 Å². The molecule has 1 heterocycles. The van der Waals surface area contributed by atoms with E-state index in [1.165, 1.54) is 0 Å². The van der Waals surface area contributed by atoms with Gasteiger partial charge in [0.1, 0.15) is 0 Å². The summed E-state index contributed by atoms with van der Waals surface area (Å²) in [6.07, 6.45) is 1.82. The quantitative estimate of drug-likeness (QED) is 0.709. The number of hydrogen-bond acceptors (Lipinski definition) is 2. The van der Waals surface area contributed by atoms with Gasteiger partial charge in [0.25, 0.3) is 0 Å². The minimum Gasteiger partial charge on any atom is -0.478 e. The van der Waals surface area contributed by atoms with Crippen molar-refractivity contribution in [2.24, 2.45) is 5.92 Å². The van der Waals surface area contributed by atoms with Gasteiger partial charge in [-0.3, -0.25) is 0 Å². The maximum Gasteiger partial charge on any atom is 0.213 e. The second kappa shape index (κ2) is 6.74. The molecule has 1 aromatic rings. The van der Waals surface area contributed by atoms with Crippen molar-refractivity contribution in [3.63, 3.8) is 0 Å². The molecule has 0 N–H and O–H groups in total. The molecule has 0 aliphatic carbocycles. The second-order valence-corrected chi connectivity index (χ2v) is 4.95. The third-order valence-corrected chi connectivity index (χ3v) is 2.56. The summed E-state index contributed by atoms with van der Waals surface area (Å²) >= 11 is 6.26. The Hall–Kier alpha value is -0.760. The lowest BCUT2D eigenvalue weighted by Crippen LogP contribution is -2.08. The van der Waals surface area contributed by atoms with Crippen LogP contribution in [-0.4, -0.2) is 17.0 Å². The lowest BCUT2D eigenvalue weighted by Gasteiger charge is -2.12. The van der Waals surface area contributed by atoms with Crippen molar-refractivity contribution in [2.75, 3.05) is 6.61 Å². The molecular weight excluding hydrogens is 222 g/mol. The summed E-state index contributed by atoms with van der Waals surface area (Å²) in [5.74, 6) is 1.31. The fourth-order valence-electron chi connectivity index (χ4n) is 1.62. The first-order chi connectivity index (χ1) is 7.61. The molecule has 0 saturated carbocycles. The molecule has 16 heavy (non-hydrogen) atoms. The molecule has 0 saturated heterocycles. The summed E-state index contributed by atoms with van der Waals surface area (Å²) in [4.78, 5) is 4.40. The molecule has 90 valence electrons. The highest BCUT2D eigenvalue weighted by atomic mass is 35.5. The second-order valence-electron chi connectivity index (χ2n) is 4.33. The van der Waals surface area contributed by atoms with Gasteiger partial charge in [-0.15, -0.1) is 11.6 Å². The van der Waals surface area contributed by atoms with Gasteiger partial charge in [0.05, 0.1) is 6.61 Å². The van der Waals surface area contributed by atoms with Gasteiger partial charge in [-0.25, -0.2) is 4.98 Å². The summed E-state index contributed by atoms with van der Waals surface area (Å²) in [5.41, 5.74) is 1.01. The van der Waals surface area contributed by atoms with Gasteiger partial charge in [-0.2, -0.15) is 0 Å². The number of aromatic nitrogens is 1. The third kappa shape index (κ3) is 4.84. The van der Waals surface area contributed by atoms with Gasteiger partial charge in [0.2, 0.25) is 5.88 Å². The molecule has 0 aliphatic heterocycles. The Morgan fingerprint density at radius 2 is 2.12 bits per heavy atom. The zero-order valence-corrected chi connectivity index (χ0v) is 11.0. The highest BCUT2D eigenvalue weighted by Crippen LogP contribution is 2.16. The van der Waals surface area contributed by atoms with E-state index >= 15 is 0 Å². The van der Waals surface area contributed by atoms with Crippen molar-refractivity contribution >= 4 is 11.6 Å². The molecule has 1 aromatic heterocycles. The molecule has 3 heteroatoms. The summed E-state index contributed by atoms with van der Waals surface area (Å²) in [7, 11) is 0. The van der Waals surface area contributed by atoms with E-state index in [0.29, 0.717) is 18.4 Å². The molecule has 1 unspecified atom stereocenters. The van der Waals surface area contributed by atoms with Crippen LogP contribution in [0.2, 0.25) is 0 Å². The highest BCUT2D eigenvalue weighted by Gasteiger charge is 2.09. The molecule has 0 fully saturated rings. The molecule has 0 bridgehead atoms. The summed E-state index contributed by atoms with van der Waals surface area (Å²) in [6, 6.07) is 5.84. The molecule has 0 amide bonds.